The van der Waals surface area contributed by atoms with Gasteiger partial charge in [0.25, 0.3) is 0 Å². The van der Waals surface area contributed by atoms with Gasteiger partial charge in [0.05, 0.1) is 0 Å². The lowest BCUT2D eigenvalue weighted by Gasteiger charge is -2.22. The van der Waals surface area contributed by atoms with E-state index in [1.54, 1.807) is 32.0 Å². The van der Waals surface area contributed by atoms with Crippen LogP contribution in [0.25, 0.3) is 0 Å². The van der Waals surface area contributed by atoms with E-state index in [0.29, 0.717) is 11.3 Å². The number of benzene rings is 1. The van der Waals surface area contributed by atoms with Crippen molar-refractivity contribution in [3.8, 4) is 0 Å². The third-order valence-electron chi connectivity index (χ3n) is 2.30. The van der Waals surface area contributed by atoms with Crippen LogP contribution in [0.5, 0.6) is 0 Å². The van der Waals surface area contributed by atoms with E-state index >= 15 is 0 Å². The highest BCUT2D eigenvalue weighted by atomic mass is 32.2. The Morgan fingerprint density at radius 3 is 2.60 bits per heavy atom. The van der Waals surface area contributed by atoms with Crippen molar-refractivity contribution >= 4 is 17.7 Å². The van der Waals surface area contributed by atoms with E-state index in [-0.39, 0.29) is 5.82 Å². The monoisotopic (exact) mass is 228 g/mol. The van der Waals surface area contributed by atoms with Gasteiger partial charge in [-0.25, -0.2) is 4.39 Å². The van der Waals surface area contributed by atoms with Gasteiger partial charge in [-0.05, 0) is 25.5 Å². The Hall–Kier alpha value is -1.03. The van der Waals surface area contributed by atoms with Gasteiger partial charge in [0.2, 0.25) is 0 Å². The second-order valence-electron chi connectivity index (χ2n) is 3.42. The topological polar surface area (TPSA) is 37.3 Å². The highest BCUT2D eigenvalue weighted by Gasteiger charge is 2.33. The lowest BCUT2D eigenvalue weighted by Crippen LogP contribution is -2.30. The maximum atomic E-state index is 13.3. The van der Waals surface area contributed by atoms with Crippen molar-refractivity contribution in [2.75, 3.05) is 0 Å². The number of aliphatic carboxylic acids is 1. The van der Waals surface area contributed by atoms with E-state index in [2.05, 4.69) is 0 Å². The highest BCUT2D eigenvalue weighted by molar-refractivity contribution is 8.01. The third kappa shape index (κ3) is 2.72. The summed E-state index contributed by atoms with van der Waals surface area (Å²) in [6, 6.07) is 6.21. The second-order valence-corrected chi connectivity index (χ2v) is 4.97. The minimum atomic E-state index is -0.970. The molecule has 0 radical (unpaired) electrons. The Kier molecular flexibility index (Phi) is 3.74. The molecule has 0 saturated carbocycles. The van der Waals surface area contributed by atoms with Crippen LogP contribution in [-0.4, -0.2) is 15.8 Å². The zero-order valence-corrected chi connectivity index (χ0v) is 9.47. The van der Waals surface area contributed by atoms with Crippen molar-refractivity contribution in [3.05, 3.63) is 30.1 Å². The molecule has 15 heavy (non-hydrogen) atoms. The first-order valence-corrected chi connectivity index (χ1v) is 5.48. The summed E-state index contributed by atoms with van der Waals surface area (Å²) in [4.78, 5) is 11.4. The van der Waals surface area contributed by atoms with Gasteiger partial charge in [-0.1, -0.05) is 19.1 Å². The molecule has 0 bridgehead atoms. The smallest absolute Gasteiger partial charge is 0.319 e. The minimum absolute atomic E-state index is 0.372. The molecule has 0 aliphatic heterocycles. The Morgan fingerprint density at radius 1 is 1.53 bits per heavy atom. The third-order valence-corrected chi connectivity index (χ3v) is 3.76. The fourth-order valence-electron chi connectivity index (χ4n) is 1.04. The predicted octanol–water partition coefficient (Wildman–Crippen LogP) is 3.17. The van der Waals surface area contributed by atoms with Crippen molar-refractivity contribution in [1.82, 2.24) is 0 Å². The Morgan fingerprint density at radius 2 is 2.13 bits per heavy atom. The average Bonchev–Trinajstić information content (AvgIpc) is 2.21. The summed E-state index contributed by atoms with van der Waals surface area (Å²) in [6.45, 7) is 3.38. The SMILES string of the molecule is CCC(C)(Sc1ccccc1F)C(=O)O. The summed E-state index contributed by atoms with van der Waals surface area (Å²) in [6.07, 6.45) is 0.446. The van der Waals surface area contributed by atoms with E-state index in [1.165, 1.54) is 6.07 Å². The fourth-order valence-corrected chi connectivity index (χ4v) is 2.07. The number of thioether (sulfide) groups is 1. The Labute approximate surface area is 92.5 Å². The molecule has 1 unspecified atom stereocenters. The summed E-state index contributed by atoms with van der Waals surface area (Å²) in [5.41, 5.74) is 0. The number of carboxylic acids is 1. The summed E-state index contributed by atoms with van der Waals surface area (Å²) < 4.78 is 12.3. The van der Waals surface area contributed by atoms with Crippen molar-refractivity contribution in [2.24, 2.45) is 0 Å². The van der Waals surface area contributed by atoms with E-state index in [0.717, 1.165) is 11.8 Å². The number of halogens is 1. The normalized spacial score (nSPS) is 14.6. The maximum absolute atomic E-state index is 13.3. The first-order chi connectivity index (χ1) is 6.99. The standard InChI is InChI=1S/C11H13FO2S/c1-3-11(2,10(13)14)15-9-7-5-4-6-8(9)12/h4-7H,3H2,1-2H3,(H,13,14). The second kappa shape index (κ2) is 4.66. The van der Waals surface area contributed by atoms with Gasteiger partial charge >= 0.3 is 5.97 Å². The summed E-state index contributed by atoms with van der Waals surface area (Å²) >= 11 is 1.05. The van der Waals surface area contributed by atoms with Crippen LogP contribution in [-0.2, 0) is 4.79 Å². The maximum Gasteiger partial charge on any atom is 0.319 e. The van der Waals surface area contributed by atoms with Gasteiger partial charge in [0, 0.05) is 4.90 Å². The molecule has 1 aromatic carbocycles. The van der Waals surface area contributed by atoms with Crippen LogP contribution in [0.1, 0.15) is 20.3 Å². The lowest BCUT2D eigenvalue weighted by atomic mass is 10.1. The van der Waals surface area contributed by atoms with Crippen LogP contribution >= 0.6 is 11.8 Å². The van der Waals surface area contributed by atoms with Crippen molar-refractivity contribution < 1.29 is 14.3 Å². The van der Waals surface area contributed by atoms with Crippen LogP contribution in [0.15, 0.2) is 29.2 Å². The molecule has 1 aromatic rings. The minimum Gasteiger partial charge on any atom is -0.480 e. The number of carboxylic acid groups (broad SMARTS) is 1. The van der Waals surface area contributed by atoms with Crippen molar-refractivity contribution in [3.63, 3.8) is 0 Å². The number of hydrogen-bond donors (Lipinski definition) is 1. The summed E-state index contributed by atoms with van der Waals surface area (Å²) in [5.74, 6) is -1.29. The Balaban J connectivity index is 2.94. The molecular weight excluding hydrogens is 215 g/mol. The average molecular weight is 228 g/mol. The van der Waals surface area contributed by atoms with Gasteiger partial charge in [-0.2, -0.15) is 0 Å². The molecule has 4 heteroatoms. The first-order valence-electron chi connectivity index (χ1n) is 4.66. The summed E-state index contributed by atoms with van der Waals surface area (Å²) in [5, 5.41) is 9.04. The predicted molar refractivity (Wildman–Crippen MR) is 58.6 cm³/mol. The molecule has 2 nitrogen and oxygen atoms in total. The van der Waals surface area contributed by atoms with Crippen LogP contribution in [0.2, 0.25) is 0 Å². The molecule has 0 amide bonds. The molecule has 0 aliphatic carbocycles. The van der Waals surface area contributed by atoms with Gasteiger partial charge in [0.15, 0.2) is 0 Å². The molecule has 82 valence electrons. The molecule has 1 atom stereocenters. The number of rotatable bonds is 4. The zero-order chi connectivity index (χ0) is 11.5. The van der Waals surface area contributed by atoms with Crippen LogP contribution in [0.3, 0.4) is 0 Å². The quantitative estimate of drug-likeness (QED) is 0.804. The van der Waals surface area contributed by atoms with Crippen LogP contribution < -0.4 is 0 Å². The largest absolute Gasteiger partial charge is 0.480 e. The Bertz CT molecular complexity index is 367. The summed E-state index contributed by atoms with van der Waals surface area (Å²) in [7, 11) is 0. The molecule has 0 heterocycles. The molecule has 0 fully saturated rings. The molecule has 0 aromatic heterocycles. The highest BCUT2D eigenvalue weighted by Crippen LogP contribution is 2.36. The van der Waals surface area contributed by atoms with E-state index < -0.39 is 10.7 Å². The zero-order valence-electron chi connectivity index (χ0n) is 8.66. The van der Waals surface area contributed by atoms with Crippen molar-refractivity contribution in [1.29, 1.82) is 0 Å². The van der Waals surface area contributed by atoms with Crippen LogP contribution in [0.4, 0.5) is 4.39 Å². The van der Waals surface area contributed by atoms with E-state index in [1.807, 2.05) is 0 Å². The molecule has 0 aliphatic rings. The van der Waals surface area contributed by atoms with Gasteiger partial charge < -0.3 is 5.11 Å². The molecule has 0 spiro atoms. The van der Waals surface area contributed by atoms with Crippen LogP contribution in [0, 0.1) is 5.82 Å². The first kappa shape index (κ1) is 12.0. The number of hydrogen-bond acceptors (Lipinski definition) is 2. The fraction of sp³-hybridized carbons (Fsp3) is 0.364. The van der Waals surface area contributed by atoms with Gasteiger partial charge in [-0.15, -0.1) is 11.8 Å². The molecule has 0 saturated heterocycles. The number of carbonyl (C=O) groups is 1. The lowest BCUT2D eigenvalue weighted by molar-refractivity contribution is -0.139. The van der Waals surface area contributed by atoms with E-state index in [9.17, 15) is 9.18 Å². The molecule has 1 rings (SSSR count). The van der Waals surface area contributed by atoms with Gasteiger partial charge in [-0.3, -0.25) is 4.79 Å². The molecule has 1 N–H and O–H groups in total. The van der Waals surface area contributed by atoms with Gasteiger partial charge in [0.1, 0.15) is 10.6 Å². The molecular formula is C11H13FO2S. The van der Waals surface area contributed by atoms with Crippen molar-refractivity contribution in [2.45, 2.75) is 29.9 Å². The van der Waals surface area contributed by atoms with E-state index in [4.69, 9.17) is 5.11 Å².